The molecule has 66 valence electrons. The zero-order chi connectivity index (χ0) is 8.97. The second-order valence-corrected chi connectivity index (χ2v) is 3.26. The fourth-order valence-corrected chi connectivity index (χ4v) is 1.85. The Labute approximate surface area is 71.3 Å². The highest BCUT2D eigenvalue weighted by atomic mass is 16.6. The van der Waals surface area contributed by atoms with E-state index in [4.69, 9.17) is 5.26 Å². The van der Waals surface area contributed by atoms with Crippen LogP contribution in [0.2, 0.25) is 0 Å². The van der Waals surface area contributed by atoms with E-state index in [0.717, 1.165) is 25.7 Å². The van der Waals surface area contributed by atoms with Gasteiger partial charge in [0.25, 0.3) is 0 Å². The second kappa shape index (κ2) is 4.05. The molecule has 1 rings (SSSR count). The molecule has 0 saturated heterocycles. The Balaban J connectivity index is 2.52. The van der Waals surface area contributed by atoms with Crippen LogP contribution in [-0.2, 0) is 0 Å². The van der Waals surface area contributed by atoms with E-state index in [1.54, 1.807) is 0 Å². The van der Waals surface area contributed by atoms with E-state index in [2.05, 4.69) is 0 Å². The van der Waals surface area contributed by atoms with Gasteiger partial charge in [-0.05, 0) is 12.8 Å². The van der Waals surface area contributed by atoms with Gasteiger partial charge in [0.2, 0.25) is 6.04 Å². The average Bonchev–Trinajstić information content (AvgIpc) is 2.51. The van der Waals surface area contributed by atoms with E-state index < -0.39 is 6.04 Å². The van der Waals surface area contributed by atoms with Gasteiger partial charge in [0, 0.05) is 10.8 Å². The molecular formula is C8H12N2O2. The van der Waals surface area contributed by atoms with Gasteiger partial charge < -0.3 is 0 Å². The predicted octanol–water partition coefficient (Wildman–Crippen LogP) is 1.74. The Morgan fingerprint density at radius 1 is 1.58 bits per heavy atom. The molecule has 1 saturated carbocycles. The maximum Gasteiger partial charge on any atom is 0.228 e. The van der Waals surface area contributed by atoms with Crippen molar-refractivity contribution < 1.29 is 4.92 Å². The minimum atomic E-state index is -0.613. The molecule has 0 aromatic rings. The highest BCUT2D eigenvalue weighted by Crippen LogP contribution is 2.30. The van der Waals surface area contributed by atoms with Crippen molar-refractivity contribution in [3.05, 3.63) is 10.1 Å². The van der Waals surface area contributed by atoms with Crippen molar-refractivity contribution in [2.24, 2.45) is 5.92 Å². The summed E-state index contributed by atoms with van der Waals surface area (Å²) in [5.41, 5.74) is 0. The predicted molar refractivity (Wildman–Crippen MR) is 43.0 cm³/mol. The maximum absolute atomic E-state index is 10.5. The van der Waals surface area contributed by atoms with Gasteiger partial charge in [-0.2, -0.15) is 5.26 Å². The molecule has 1 aliphatic carbocycles. The number of hydrogen-bond donors (Lipinski definition) is 0. The molecule has 1 atom stereocenters. The molecule has 0 spiro atoms. The molecule has 1 aliphatic rings. The topological polar surface area (TPSA) is 66.9 Å². The summed E-state index contributed by atoms with van der Waals surface area (Å²) in [6, 6.07) is 1.27. The summed E-state index contributed by atoms with van der Waals surface area (Å²) >= 11 is 0. The van der Waals surface area contributed by atoms with Gasteiger partial charge in [-0.25, -0.2) is 0 Å². The fraction of sp³-hybridized carbons (Fsp3) is 0.875. The normalized spacial score (nSPS) is 20.2. The standard InChI is InChI=1S/C8H12N2O2/c9-6-5-8(10(11)12)7-3-1-2-4-7/h7-8H,1-5H2. The molecule has 0 aromatic heterocycles. The quantitative estimate of drug-likeness (QED) is 0.476. The molecule has 1 unspecified atom stereocenters. The van der Waals surface area contributed by atoms with Crippen molar-refractivity contribution in [3.8, 4) is 6.07 Å². The first-order chi connectivity index (χ1) is 5.75. The zero-order valence-corrected chi connectivity index (χ0v) is 6.90. The minimum Gasteiger partial charge on any atom is -0.264 e. The molecule has 1 fully saturated rings. The summed E-state index contributed by atoms with van der Waals surface area (Å²) in [6.07, 6.45) is 4.08. The van der Waals surface area contributed by atoms with Crippen molar-refractivity contribution in [2.45, 2.75) is 38.1 Å². The van der Waals surface area contributed by atoms with Crippen LogP contribution in [0.1, 0.15) is 32.1 Å². The first kappa shape index (κ1) is 8.98. The van der Waals surface area contributed by atoms with E-state index in [1.165, 1.54) is 0 Å². The first-order valence-corrected chi connectivity index (χ1v) is 4.26. The maximum atomic E-state index is 10.5. The lowest BCUT2D eigenvalue weighted by molar-refractivity contribution is -0.530. The van der Waals surface area contributed by atoms with Crippen LogP contribution in [0.3, 0.4) is 0 Å². The van der Waals surface area contributed by atoms with Crippen LogP contribution in [0.5, 0.6) is 0 Å². The number of hydrogen-bond acceptors (Lipinski definition) is 3. The third-order valence-electron chi connectivity index (χ3n) is 2.52. The van der Waals surface area contributed by atoms with Gasteiger partial charge in [-0.15, -0.1) is 0 Å². The zero-order valence-electron chi connectivity index (χ0n) is 6.90. The summed E-state index contributed by atoms with van der Waals surface area (Å²) in [5.74, 6) is 0.152. The Kier molecular flexibility index (Phi) is 3.03. The van der Waals surface area contributed by atoms with Crippen LogP contribution in [0, 0.1) is 27.4 Å². The lowest BCUT2D eigenvalue weighted by atomic mass is 9.97. The number of nitrogens with zero attached hydrogens (tertiary/aromatic N) is 2. The largest absolute Gasteiger partial charge is 0.264 e. The van der Waals surface area contributed by atoms with Gasteiger partial charge in [0.05, 0.1) is 6.07 Å². The van der Waals surface area contributed by atoms with Crippen LogP contribution in [0.15, 0.2) is 0 Å². The molecule has 0 heterocycles. The second-order valence-electron chi connectivity index (χ2n) is 3.26. The molecule has 0 N–H and O–H groups in total. The summed E-state index contributed by atoms with van der Waals surface area (Å²) < 4.78 is 0. The Morgan fingerprint density at radius 2 is 2.17 bits per heavy atom. The van der Waals surface area contributed by atoms with Gasteiger partial charge in [-0.3, -0.25) is 10.1 Å². The molecule has 4 nitrogen and oxygen atoms in total. The lowest BCUT2D eigenvalue weighted by Gasteiger charge is -2.11. The first-order valence-electron chi connectivity index (χ1n) is 4.26. The van der Waals surface area contributed by atoms with E-state index >= 15 is 0 Å². The van der Waals surface area contributed by atoms with E-state index in [1.807, 2.05) is 6.07 Å². The molecular weight excluding hydrogens is 156 g/mol. The third kappa shape index (κ3) is 1.94. The Bertz CT molecular complexity index is 204. The Morgan fingerprint density at radius 3 is 2.58 bits per heavy atom. The molecule has 0 amide bonds. The van der Waals surface area contributed by atoms with E-state index in [0.29, 0.717) is 0 Å². The monoisotopic (exact) mass is 168 g/mol. The average molecular weight is 168 g/mol. The van der Waals surface area contributed by atoms with Gasteiger partial charge >= 0.3 is 0 Å². The smallest absolute Gasteiger partial charge is 0.228 e. The highest BCUT2D eigenvalue weighted by molar-refractivity contribution is 4.83. The van der Waals surface area contributed by atoms with Crippen LogP contribution < -0.4 is 0 Å². The summed E-state index contributed by atoms with van der Waals surface area (Å²) in [6.45, 7) is 0. The highest BCUT2D eigenvalue weighted by Gasteiger charge is 2.33. The van der Waals surface area contributed by atoms with Crippen molar-refractivity contribution in [3.63, 3.8) is 0 Å². The van der Waals surface area contributed by atoms with Gasteiger partial charge in [-0.1, -0.05) is 12.8 Å². The number of nitro groups is 1. The van der Waals surface area contributed by atoms with Crippen molar-refractivity contribution in [2.75, 3.05) is 0 Å². The Hall–Kier alpha value is -1.11. The summed E-state index contributed by atoms with van der Waals surface area (Å²) in [7, 11) is 0. The van der Waals surface area contributed by atoms with E-state index in [9.17, 15) is 10.1 Å². The van der Waals surface area contributed by atoms with Crippen LogP contribution in [0.25, 0.3) is 0 Å². The van der Waals surface area contributed by atoms with Gasteiger partial charge in [0.1, 0.15) is 6.42 Å². The van der Waals surface area contributed by atoms with Gasteiger partial charge in [0.15, 0.2) is 0 Å². The van der Waals surface area contributed by atoms with Crippen LogP contribution in [0.4, 0.5) is 0 Å². The summed E-state index contributed by atoms with van der Waals surface area (Å²) in [4.78, 5) is 10.2. The van der Waals surface area contributed by atoms with E-state index in [-0.39, 0.29) is 17.3 Å². The van der Waals surface area contributed by atoms with Crippen LogP contribution in [-0.4, -0.2) is 11.0 Å². The SMILES string of the molecule is N#CCC(C1CCCC1)[N+](=O)[O-]. The fourth-order valence-electron chi connectivity index (χ4n) is 1.85. The number of nitriles is 1. The third-order valence-corrected chi connectivity index (χ3v) is 2.52. The van der Waals surface area contributed by atoms with Crippen LogP contribution >= 0.6 is 0 Å². The molecule has 12 heavy (non-hydrogen) atoms. The minimum absolute atomic E-state index is 0.0671. The molecule has 0 bridgehead atoms. The molecule has 0 aromatic carbocycles. The molecule has 4 heteroatoms. The van der Waals surface area contributed by atoms with Crippen molar-refractivity contribution in [1.82, 2.24) is 0 Å². The molecule has 0 radical (unpaired) electrons. The van der Waals surface area contributed by atoms with Crippen molar-refractivity contribution in [1.29, 1.82) is 5.26 Å². The van der Waals surface area contributed by atoms with Crippen molar-refractivity contribution >= 4 is 0 Å². The lowest BCUT2D eigenvalue weighted by Crippen LogP contribution is -2.26. The molecule has 0 aliphatic heterocycles. The summed E-state index contributed by atoms with van der Waals surface area (Å²) in [5, 5.41) is 18.9. The number of rotatable bonds is 3.